The summed E-state index contributed by atoms with van der Waals surface area (Å²) >= 11 is 6.75. The number of ether oxygens (including phenoxy) is 1. The van der Waals surface area contributed by atoms with E-state index in [2.05, 4.69) is 48.2 Å². The van der Waals surface area contributed by atoms with Crippen molar-refractivity contribution >= 4 is 35.0 Å². The highest BCUT2D eigenvalue weighted by Crippen LogP contribution is 2.21. The van der Waals surface area contributed by atoms with E-state index in [4.69, 9.17) is 17.0 Å². The number of aryl methyl sites for hydroxylation is 2. The normalized spacial score (nSPS) is 11.7. The molecule has 1 aromatic carbocycles. The first-order valence-electron chi connectivity index (χ1n) is 7.46. The van der Waals surface area contributed by atoms with Crippen molar-refractivity contribution in [3.05, 3.63) is 29.3 Å². The zero-order valence-corrected chi connectivity index (χ0v) is 15.7. The van der Waals surface area contributed by atoms with E-state index in [1.54, 1.807) is 18.9 Å². The van der Waals surface area contributed by atoms with E-state index in [1.807, 2.05) is 6.92 Å². The number of hydrogen-bond donors (Lipinski definition) is 3. The van der Waals surface area contributed by atoms with Crippen LogP contribution in [0.5, 0.6) is 0 Å². The summed E-state index contributed by atoms with van der Waals surface area (Å²) < 4.78 is 5.00. The number of methoxy groups -OCH3 is 1. The maximum atomic E-state index is 11.8. The average molecular weight is 356 g/mol. The molecule has 3 N–H and O–H groups in total. The predicted molar refractivity (Wildman–Crippen MR) is 99.6 cm³/mol. The molecule has 1 atom stereocenters. The maximum absolute atomic E-state index is 11.8. The second-order valence-corrected chi connectivity index (χ2v) is 6.92. The lowest BCUT2D eigenvalue weighted by Crippen LogP contribution is -2.50. The van der Waals surface area contributed by atoms with Crippen molar-refractivity contribution in [1.82, 2.24) is 16.2 Å². The van der Waals surface area contributed by atoms with Gasteiger partial charge >= 0.3 is 0 Å². The van der Waals surface area contributed by atoms with Gasteiger partial charge in [0.2, 0.25) is 5.91 Å². The molecule has 0 spiro atoms. The van der Waals surface area contributed by atoms with Gasteiger partial charge in [-0.05, 0) is 56.2 Å². The molecule has 23 heavy (non-hydrogen) atoms. The van der Waals surface area contributed by atoms with Crippen LogP contribution >= 0.6 is 24.0 Å². The number of amides is 1. The summed E-state index contributed by atoms with van der Waals surface area (Å²) in [6.07, 6.45) is 0.417. The molecular weight excluding hydrogens is 330 g/mol. The molecule has 0 aliphatic rings. The van der Waals surface area contributed by atoms with Crippen LogP contribution in [0.4, 0.5) is 0 Å². The topological polar surface area (TPSA) is 62.4 Å². The van der Waals surface area contributed by atoms with Crippen molar-refractivity contribution in [3.8, 4) is 0 Å². The summed E-state index contributed by atoms with van der Waals surface area (Å²) in [6, 6.07) is 6.41. The molecule has 0 saturated heterocycles. The Morgan fingerprint density at radius 3 is 2.70 bits per heavy atom. The minimum atomic E-state index is -0.0927. The van der Waals surface area contributed by atoms with Crippen LogP contribution in [0.2, 0.25) is 0 Å². The Kier molecular flexibility index (Phi) is 8.98. The fourth-order valence-corrected chi connectivity index (χ4v) is 3.01. The Labute approximate surface area is 147 Å². The van der Waals surface area contributed by atoms with E-state index in [0.717, 1.165) is 5.75 Å². The van der Waals surface area contributed by atoms with E-state index in [-0.39, 0.29) is 11.9 Å². The summed E-state index contributed by atoms with van der Waals surface area (Å²) in [7, 11) is 1.63. The molecule has 1 amide bonds. The molecular formula is C16H25N3O2S2. The molecule has 0 aliphatic heterocycles. The number of thiocarbonyl (C=S) groups is 1. The molecule has 0 heterocycles. The summed E-state index contributed by atoms with van der Waals surface area (Å²) in [6.45, 7) is 6.67. The standard InChI is InChI=1S/C16H25N3O2S2/c1-11-5-6-14(9-12(11)2)23-8-7-15(20)18-19-16(22)17-13(3)10-21-4/h5-6,9,13H,7-8,10H2,1-4H3,(H,18,20)(H2,17,19,22)/t13-/m0/s1. The quantitative estimate of drug-likeness (QED) is 0.396. The van der Waals surface area contributed by atoms with Crippen LogP contribution in [-0.2, 0) is 9.53 Å². The van der Waals surface area contributed by atoms with Crippen molar-refractivity contribution in [2.75, 3.05) is 19.5 Å². The third kappa shape index (κ3) is 8.20. The largest absolute Gasteiger partial charge is 0.383 e. The summed E-state index contributed by atoms with van der Waals surface area (Å²) in [5, 5.41) is 3.38. The van der Waals surface area contributed by atoms with Crippen molar-refractivity contribution in [2.24, 2.45) is 0 Å². The smallest absolute Gasteiger partial charge is 0.239 e. The van der Waals surface area contributed by atoms with Gasteiger partial charge in [-0.15, -0.1) is 11.8 Å². The molecule has 0 aromatic heterocycles. The van der Waals surface area contributed by atoms with Crippen molar-refractivity contribution in [1.29, 1.82) is 0 Å². The second-order valence-electron chi connectivity index (χ2n) is 5.35. The first kappa shape index (κ1) is 19.7. The van der Waals surface area contributed by atoms with Crippen LogP contribution in [-0.4, -0.2) is 36.5 Å². The Balaban J connectivity index is 2.21. The van der Waals surface area contributed by atoms with E-state index < -0.39 is 0 Å². The fourth-order valence-electron chi connectivity index (χ4n) is 1.81. The van der Waals surface area contributed by atoms with Crippen molar-refractivity contribution in [3.63, 3.8) is 0 Å². The van der Waals surface area contributed by atoms with Gasteiger partial charge in [0.05, 0.1) is 6.61 Å². The number of benzene rings is 1. The Morgan fingerprint density at radius 1 is 1.30 bits per heavy atom. The second kappa shape index (κ2) is 10.5. The lowest BCUT2D eigenvalue weighted by atomic mass is 10.1. The average Bonchev–Trinajstić information content (AvgIpc) is 2.49. The molecule has 0 radical (unpaired) electrons. The molecule has 1 rings (SSSR count). The Bertz CT molecular complexity index is 538. The number of nitrogens with one attached hydrogen (secondary N) is 3. The minimum Gasteiger partial charge on any atom is -0.383 e. The number of carbonyl (C=O) groups excluding carboxylic acids is 1. The van der Waals surface area contributed by atoms with Gasteiger partial charge in [0.25, 0.3) is 0 Å². The van der Waals surface area contributed by atoms with Crippen LogP contribution in [0.15, 0.2) is 23.1 Å². The number of hydrazine groups is 1. The number of carbonyl (C=O) groups is 1. The lowest BCUT2D eigenvalue weighted by Gasteiger charge is -2.16. The summed E-state index contributed by atoms with van der Waals surface area (Å²) in [5.41, 5.74) is 7.83. The van der Waals surface area contributed by atoms with Crippen LogP contribution in [0.1, 0.15) is 24.5 Å². The molecule has 7 heteroatoms. The zero-order valence-electron chi connectivity index (χ0n) is 14.1. The SMILES string of the molecule is COC[C@H](C)NC(=S)NNC(=O)CCSc1ccc(C)c(C)c1. The van der Waals surface area contributed by atoms with Crippen LogP contribution in [0.3, 0.4) is 0 Å². The first-order valence-corrected chi connectivity index (χ1v) is 8.86. The molecule has 0 aliphatic carbocycles. The fraction of sp³-hybridized carbons (Fsp3) is 0.500. The molecule has 128 valence electrons. The molecule has 0 bridgehead atoms. The monoisotopic (exact) mass is 355 g/mol. The summed E-state index contributed by atoms with van der Waals surface area (Å²) in [5.74, 6) is 0.626. The van der Waals surface area contributed by atoms with E-state index in [9.17, 15) is 4.79 Å². The van der Waals surface area contributed by atoms with Gasteiger partial charge in [-0.3, -0.25) is 15.6 Å². The minimum absolute atomic E-state index is 0.0808. The molecule has 0 saturated carbocycles. The number of rotatable bonds is 7. The highest BCUT2D eigenvalue weighted by atomic mass is 32.2. The van der Waals surface area contributed by atoms with Crippen LogP contribution in [0.25, 0.3) is 0 Å². The third-order valence-electron chi connectivity index (χ3n) is 3.19. The van der Waals surface area contributed by atoms with Gasteiger partial charge in [0, 0.05) is 30.2 Å². The first-order chi connectivity index (χ1) is 10.9. The number of hydrogen-bond acceptors (Lipinski definition) is 4. The zero-order chi connectivity index (χ0) is 17.2. The van der Waals surface area contributed by atoms with Gasteiger partial charge in [0.15, 0.2) is 5.11 Å². The van der Waals surface area contributed by atoms with Crippen molar-refractivity contribution in [2.45, 2.75) is 38.1 Å². The van der Waals surface area contributed by atoms with Crippen molar-refractivity contribution < 1.29 is 9.53 Å². The van der Waals surface area contributed by atoms with E-state index >= 15 is 0 Å². The van der Waals surface area contributed by atoms with Gasteiger partial charge in [-0.1, -0.05) is 6.07 Å². The highest BCUT2D eigenvalue weighted by Gasteiger charge is 2.06. The molecule has 5 nitrogen and oxygen atoms in total. The maximum Gasteiger partial charge on any atom is 0.239 e. The molecule has 1 aromatic rings. The van der Waals surface area contributed by atoms with Gasteiger partial charge in [-0.25, -0.2) is 0 Å². The van der Waals surface area contributed by atoms with E-state index in [0.29, 0.717) is 18.1 Å². The lowest BCUT2D eigenvalue weighted by molar-refractivity contribution is -0.121. The van der Waals surface area contributed by atoms with Crippen LogP contribution in [0, 0.1) is 13.8 Å². The summed E-state index contributed by atoms with van der Waals surface area (Å²) in [4.78, 5) is 13.0. The highest BCUT2D eigenvalue weighted by molar-refractivity contribution is 7.99. The molecule has 0 fully saturated rings. The predicted octanol–water partition coefficient (Wildman–Crippen LogP) is 2.32. The van der Waals surface area contributed by atoms with Gasteiger partial charge in [-0.2, -0.15) is 0 Å². The van der Waals surface area contributed by atoms with Crippen LogP contribution < -0.4 is 16.2 Å². The Hall–Kier alpha value is -1.31. The molecule has 0 unspecified atom stereocenters. The number of thioether (sulfide) groups is 1. The van der Waals surface area contributed by atoms with E-state index in [1.165, 1.54) is 16.0 Å². The van der Waals surface area contributed by atoms with Gasteiger partial charge < -0.3 is 10.1 Å². The third-order valence-corrected chi connectivity index (χ3v) is 4.40. The Morgan fingerprint density at radius 2 is 2.04 bits per heavy atom. The van der Waals surface area contributed by atoms with Gasteiger partial charge in [0.1, 0.15) is 0 Å².